The van der Waals surface area contributed by atoms with Crippen molar-refractivity contribution in [3.63, 3.8) is 0 Å². The maximum Gasteiger partial charge on any atom is 0.264 e. The number of carbonyl (C=O) groups is 1. The number of likely N-dealkylation sites (tertiary alicyclic amines) is 1. The molecule has 3 rings (SSSR count). The van der Waals surface area contributed by atoms with Gasteiger partial charge in [-0.3, -0.25) is 4.79 Å². The lowest BCUT2D eigenvalue weighted by Crippen LogP contribution is -2.56. The van der Waals surface area contributed by atoms with Gasteiger partial charge in [0, 0.05) is 12.3 Å². The Kier molecular flexibility index (Phi) is 3.21. The molecule has 1 aliphatic heterocycles. The van der Waals surface area contributed by atoms with Crippen LogP contribution in [0.4, 0.5) is 0 Å². The molecule has 98 valence electrons. The lowest BCUT2D eigenvalue weighted by molar-refractivity contribution is 0.0164. The van der Waals surface area contributed by atoms with Crippen LogP contribution in [0.25, 0.3) is 0 Å². The molecule has 0 saturated carbocycles. The average molecular weight is 274 g/mol. The van der Waals surface area contributed by atoms with Gasteiger partial charge in [0.2, 0.25) is 5.88 Å². The normalized spacial score (nSPS) is 15.1. The number of amides is 1. The molecule has 0 atom stereocenters. The maximum atomic E-state index is 12.1. The number of carbonyl (C=O) groups excluding carboxylic acids is 1. The van der Waals surface area contributed by atoms with Crippen LogP contribution in [0.2, 0.25) is 0 Å². The number of rotatable bonds is 3. The largest absolute Gasteiger partial charge is 0.471 e. The van der Waals surface area contributed by atoms with Crippen LogP contribution in [0, 0.1) is 6.92 Å². The zero-order valence-corrected chi connectivity index (χ0v) is 11.4. The zero-order chi connectivity index (χ0) is 13.2. The van der Waals surface area contributed by atoms with Gasteiger partial charge in [0.25, 0.3) is 5.91 Å². The number of aromatic nitrogens is 1. The average Bonchev–Trinajstić information content (AvgIpc) is 2.80. The molecule has 0 bridgehead atoms. The van der Waals surface area contributed by atoms with E-state index >= 15 is 0 Å². The molecule has 0 spiro atoms. The fraction of sp³-hybridized carbons (Fsp3) is 0.286. The molecule has 1 amide bonds. The second kappa shape index (κ2) is 5.01. The highest BCUT2D eigenvalue weighted by atomic mass is 32.1. The molecule has 3 heterocycles. The number of hydrogen-bond acceptors (Lipinski definition) is 4. The van der Waals surface area contributed by atoms with E-state index in [1.165, 1.54) is 11.3 Å². The summed E-state index contributed by atoms with van der Waals surface area (Å²) < 4.78 is 5.67. The van der Waals surface area contributed by atoms with Crippen molar-refractivity contribution in [2.24, 2.45) is 0 Å². The number of aryl methyl sites for hydroxylation is 1. The van der Waals surface area contributed by atoms with Gasteiger partial charge >= 0.3 is 0 Å². The molecule has 2 aromatic heterocycles. The van der Waals surface area contributed by atoms with Crippen molar-refractivity contribution in [1.82, 2.24) is 9.88 Å². The van der Waals surface area contributed by atoms with Crippen molar-refractivity contribution < 1.29 is 9.53 Å². The van der Waals surface area contributed by atoms with Crippen LogP contribution in [-0.4, -0.2) is 35.0 Å². The Balaban J connectivity index is 1.54. The van der Waals surface area contributed by atoms with E-state index in [9.17, 15) is 4.79 Å². The fourth-order valence-electron chi connectivity index (χ4n) is 1.97. The summed E-state index contributed by atoms with van der Waals surface area (Å²) in [5.74, 6) is 0.713. The first-order valence-electron chi connectivity index (χ1n) is 6.14. The van der Waals surface area contributed by atoms with E-state index in [0.717, 1.165) is 10.4 Å². The van der Waals surface area contributed by atoms with Crippen LogP contribution < -0.4 is 4.74 Å². The zero-order valence-electron chi connectivity index (χ0n) is 10.6. The summed E-state index contributed by atoms with van der Waals surface area (Å²) in [5.41, 5.74) is 1.13. The van der Waals surface area contributed by atoms with Crippen molar-refractivity contribution in [3.05, 3.63) is 46.3 Å². The molecule has 4 nitrogen and oxygen atoms in total. The first-order valence-corrected chi connectivity index (χ1v) is 7.02. The lowest BCUT2D eigenvalue weighted by Gasteiger charge is -2.38. The molecule has 0 aliphatic carbocycles. The summed E-state index contributed by atoms with van der Waals surface area (Å²) in [6.45, 7) is 3.26. The van der Waals surface area contributed by atoms with Gasteiger partial charge in [-0.1, -0.05) is 6.07 Å². The molecule has 0 radical (unpaired) electrons. The summed E-state index contributed by atoms with van der Waals surface area (Å²) in [4.78, 5) is 18.8. The third-order valence-corrected chi connectivity index (χ3v) is 4.04. The van der Waals surface area contributed by atoms with Crippen molar-refractivity contribution in [2.75, 3.05) is 13.1 Å². The predicted octanol–water partition coefficient (Wildman–Crippen LogP) is 2.35. The quantitative estimate of drug-likeness (QED) is 0.863. The van der Waals surface area contributed by atoms with Crippen LogP contribution in [0.15, 0.2) is 35.8 Å². The van der Waals surface area contributed by atoms with Crippen LogP contribution in [0.1, 0.15) is 15.2 Å². The van der Waals surface area contributed by atoms with Crippen molar-refractivity contribution in [2.45, 2.75) is 13.0 Å². The first-order chi connectivity index (χ1) is 9.22. The van der Waals surface area contributed by atoms with Crippen LogP contribution >= 0.6 is 11.3 Å². The smallest absolute Gasteiger partial charge is 0.264 e. The van der Waals surface area contributed by atoms with Crippen molar-refractivity contribution >= 4 is 17.2 Å². The van der Waals surface area contributed by atoms with E-state index in [4.69, 9.17) is 4.74 Å². The van der Waals surface area contributed by atoms with Crippen molar-refractivity contribution in [3.8, 4) is 5.88 Å². The number of hydrogen-bond donors (Lipinski definition) is 0. The third kappa shape index (κ3) is 2.61. The van der Waals surface area contributed by atoms with Crippen LogP contribution in [0.5, 0.6) is 5.88 Å². The Hall–Kier alpha value is -1.88. The maximum absolute atomic E-state index is 12.1. The van der Waals surface area contributed by atoms with Gasteiger partial charge in [0.05, 0.1) is 18.0 Å². The van der Waals surface area contributed by atoms with E-state index in [-0.39, 0.29) is 12.0 Å². The van der Waals surface area contributed by atoms with Gasteiger partial charge < -0.3 is 9.64 Å². The van der Waals surface area contributed by atoms with Crippen LogP contribution in [-0.2, 0) is 0 Å². The summed E-state index contributed by atoms with van der Waals surface area (Å²) in [6.07, 6.45) is 1.76. The standard InChI is InChI=1S/C14H14N2O2S/c1-10-6-12(19-9-10)14(17)16-7-11(8-16)18-13-4-2-3-5-15-13/h2-6,9,11H,7-8H2,1H3. The van der Waals surface area contributed by atoms with Gasteiger partial charge in [-0.05, 0) is 30.0 Å². The molecule has 1 aliphatic rings. The monoisotopic (exact) mass is 274 g/mol. The lowest BCUT2D eigenvalue weighted by atomic mass is 10.1. The highest BCUT2D eigenvalue weighted by Gasteiger charge is 2.33. The number of nitrogens with zero attached hydrogens (tertiary/aromatic N) is 2. The molecule has 2 aromatic rings. The summed E-state index contributed by atoms with van der Waals surface area (Å²) >= 11 is 1.50. The Bertz CT molecular complexity index is 576. The molecule has 5 heteroatoms. The number of pyridine rings is 1. The minimum Gasteiger partial charge on any atom is -0.471 e. The third-order valence-electron chi connectivity index (χ3n) is 3.00. The van der Waals surface area contributed by atoms with Gasteiger partial charge in [-0.25, -0.2) is 4.98 Å². The van der Waals surface area contributed by atoms with E-state index in [0.29, 0.717) is 19.0 Å². The fourth-order valence-corrected chi connectivity index (χ4v) is 2.83. The summed E-state index contributed by atoms with van der Waals surface area (Å²) in [6, 6.07) is 7.49. The van der Waals surface area contributed by atoms with E-state index in [1.54, 1.807) is 11.1 Å². The minimum absolute atomic E-state index is 0.0555. The Labute approximate surface area is 115 Å². The molecule has 1 fully saturated rings. The Morgan fingerprint density at radius 3 is 2.95 bits per heavy atom. The van der Waals surface area contributed by atoms with E-state index in [1.807, 2.05) is 36.6 Å². The SMILES string of the molecule is Cc1csc(C(=O)N2CC(Oc3ccccn3)C2)c1. The van der Waals surface area contributed by atoms with E-state index < -0.39 is 0 Å². The molecule has 0 aromatic carbocycles. The molecule has 1 saturated heterocycles. The molecular weight excluding hydrogens is 260 g/mol. The minimum atomic E-state index is 0.0555. The van der Waals surface area contributed by atoms with Gasteiger partial charge in [0.15, 0.2) is 0 Å². The van der Waals surface area contributed by atoms with Gasteiger partial charge in [-0.15, -0.1) is 11.3 Å². The highest BCUT2D eigenvalue weighted by Crippen LogP contribution is 2.21. The second-order valence-corrected chi connectivity index (χ2v) is 5.52. The highest BCUT2D eigenvalue weighted by molar-refractivity contribution is 7.12. The first kappa shape index (κ1) is 12.2. The topological polar surface area (TPSA) is 42.4 Å². The molecule has 0 N–H and O–H groups in total. The Morgan fingerprint density at radius 1 is 1.47 bits per heavy atom. The van der Waals surface area contributed by atoms with Crippen molar-refractivity contribution in [1.29, 1.82) is 0 Å². The second-order valence-electron chi connectivity index (χ2n) is 4.61. The van der Waals surface area contributed by atoms with E-state index in [2.05, 4.69) is 4.98 Å². The molecule has 19 heavy (non-hydrogen) atoms. The number of ether oxygens (including phenoxy) is 1. The Morgan fingerprint density at radius 2 is 2.32 bits per heavy atom. The summed E-state index contributed by atoms with van der Waals surface area (Å²) in [5, 5.41) is 1.99. The van der Waals surface area contributed by atoms with Gasteiger partial charge in [0.1, 0.15) is 6.10 Å². The summed E-state index contributed by atoms with van der Waals surface area (Å²) in [7, 11) is 0. The van der Waals surface area contributed by atoms with Gasteiger partial charge in [-0.2, -0.15) is 0 Å². The molecular formula is C14H14N2O2S. The molecule has 0 unspecified atom stereocenters. The van der Waals surface area contributed by atoms with Crippen LogP contribution in [0.3, 0.4) is 0 Å². The predicted molar refractivity (Wildman–Crippen MR) is 73.6 cm³/mol. The number of thiophene rings is 1.